The van der Waals surface area contributed by atoms with E-state index in [1.54, 1.807) is 0 Å². The second-order valence-electron chi connectivity index (χ2n) is 2.35. The van der Waals surface area contributed by atoms with Gasteiger partial charge < -0.3 is 0 Å². The second-order valence-corrected chi connectivity index (χ2v) is 2.35. The van der Waals surface area contributed by atoms with Crippen LogP contribution in [0.15, 0.2) is 48.5 Å². The second kappa shape index (κ2) is 3.82. The van der Waals surface area contributed by atoms with Gasteiger partial charge in [0.1, 0.15) is 0 Å². The molecule has 51 valence electrons. The van der Waals surface area contributed by atoms with Gasteiger partial charge in [-0.2, -0.15) is 0 Å². The van der Waals surface area contributed by atoms with E-state index in [4.69, 9.17) is 0 Å². The van der Waals surface area contributed by atoms with Crippen LogP contribution in [0.2, 0.25) is 0 Å². The molecular weight excluding hydrogens is 235 g/mol. The van der Waals surface area contributed by atoms with Gasteiger partial charge in [0, 0.05) is 25.8 Å². The number of rotatable bonds is 0. The maximum absolute atomic E-state index is 2.12. The van der Waals surface area contributed by atoms with Gasteiger partial charge in [-0.15, -0.1) is 0 Å². The summed E-state index contributed by atoms with van der Waals surface area (Å²) < 4.78 is 0. The molecule has 0 atom stereocenters. The predicted octanol–water partition coefficient (Wildman–Crippen LogP) is 2.46. The van der Waals surface area contributed by atoms with Gasteiger partial charge in [-0.25, -0.2) is 0 Å². The molecule has 0 aliphatic heterocycles. The SMILES string of the molecule is [In].c1ccc2ccccc2c1. The first-order valence-corrected chi connectivity index (χ1v) is 3.40. The Hall–Kier alpha value is -0.430. The van der Waals surface area contributed by atoms with Crippen molar-refractivity contribution in [2.75, 3.05) is 0 Å². The molecule has 3 radical (unpaired) electrons. The molecule has 0 saturated carbocycles. The summed E-state index contributed by atoms with van der Waals surface area (Å²) in [5.41, 5.74) is 0. The Labute approximate surface area is 85.0 Å². The summed E-state index contributed by atoms with van der Waals surface area (Å²) in [5.74, 6) is 0. The fourth-order valence-corrected chi connectivity index (χ4v) is 1.13. The molecule has 0 fully saturated rings. The average Bonchev–Trinajstić information content (AvgIpc) is 2.05. The summed E-state index contributed by atoms with van der Waals surface area (Å²) in [6.07, 6.45) is 0. The van der Waals surface area contributed by atoms with E-state index < -0.39 is 0 Å². The van der Waals surface area contributed by atoms with E-state index in [1.165, 1.54) is 10.8 Å². The van der Waals surface area contributed by atoms with Crippen molar-refractivity contribution in [1.82, 2.24) is 0 Å². The monoisotopic (exact) mass is 243 g/mol. The smallest absolute Gasteiger partial charge is 0 e. The summed E-state index contributed by atoms with van der Waals surface area (Å²) >= 11 is 0. The van der Waals surface area contributed by atoms with Crippen LogP contribution in [0.5, 0.6) is 0 Å². The van der Waals surface area contributed by atoms with Gasteiger partial charge in [-0.3, -0.25) is 0 Å². The van der Waals surface area contributed by atoms with Gasteiger partial charge in [0.05, 0.1) is 0 Å². The summed E-state index contributed by atoms with van der Waals surface area (Å²) in [6.45, 7) is 0. The third-order valence-electron chi connectivity index (χ3n) is 1.66. The minimum absolute atomic E-state index is 0. The van der Waals surface area contributed by atoms with Crippen molar-refractivity contribution in [2.45, 2.75) is 0 Å². The number of benzene rings is 2. The van der Waals surface area contributed by atoms with Crippen LogP contribution in [0.3, 0.4) is 0 Å². The molecule has 0 nitrogen and oxygen atoms in total. The van der Waals surface area contributed by atoms with Crippen LogP contribution >= 0.6 is 0 Å². The van der Waals surface area contributed by atoms with E-state index in [1.807, 2.05) is 0 Å². The Morgan fingerprint density at radius 2 is 0.818 bits per heavy atom. The predicted molar refractivity (Wildman–Crippen MR) is 49.7 cm³/mol. The van der Waals surface area contributed by atoms with Crippen LogP contribution < -0.4 is 0 Å². The molecule has 2 aromatic carbocycles. The molecule has 0 N–H and O–H groups in total. The first kappa shape index (κ1) is 8.66. The zero-order valence-electron chi connectivity index (χ0n) is 6.20. The Balaban J connectivity index is 0.000000605. The van der Waals surface area contributed by atoms with Crippen molar-refractivity contribution in [3.63, 3.8) is 0 Å². The zero-order chi connectivity index (χ0) is 6.81. The van der Waals surface area contributed by atoms with Crippen LogP contribution in [0, 0.1) is 0 Å². The number of hydrogen-bond acceptors (Lipinski definition) is 0. The maximum atomic E-state index is 2.12. The average molecular weight is 243 g/mol. The Morgan fingerprint density at radius 3 is 1.09 bits per heavy atom. The molecule has 11 heavy (non-hydrogen) atoms. The minimum Gasteiger partial charge on any atom is -0.0616 e. The fraction of sp³-hybridized carbons (Fsp3) is 0. The van der Waals surface area contributed by atoms with Crippen LogP contribution in [0.25, 0.3) is 10.8 Å². The van der Waals surface area contributed by atoms with Gasteiger partial charge in [0.15, 0.2) is 0 Å². The van der Waals surface area contributed by atoms with Gasteiger partial charge in [-0.05, 0) is 10.8 Å². The standard InChI is InChI=1S/C10H8.In/c1-2-6-10-8-4-3-7-9(10)5-1;/h1-8H;. The first-order chi connectivity index (χ1) is 4.97. The van der Waals surface area contributed by atoms with E-state index in [-0.39, 0.29) is 25.8 Å². The van der Waals surface area contributed by atoms with Crippen LogP contribution in [0.1, 0.15) is 0 Å². The molecule has 0 aromatic heterocycles. The van der Waals surface area contributed by atoms with Crippen molar-refractivity contribution in [3.05, 3.63) is 48.5 Å². The molecule has 2 rings (SSSR count). The first-order valence-electron chi connectivity index (χ1n) is 3.40. The van der Waals surface area contributed by atoms with E-state index in [0.717, 1.165) is 0 Å². The Morgan fingerprint density at radius 1 is 0.545 bits per heavy atom. The van der Waals surface area contributed by atoms with Gasteiger partial charge >= 0.3 is 0 Å². The molecule has 0 amide bonds. The van der Waals surface area contributed by atoms with Crippen molar-refractivity contribution in [3.8, 4) is 0 Å². The molecule has 0 spiro atoms. The molecule has 2 aromatic rings. The minimum atomic E-state index is 0. The zero-order valence-corrected chi connectivity index (χ0v) is 9.49. The fourth-order valence-electron chi connectivity index (χ4n) is 1.13. The normalized spacial score (nSPS) is 9.09. The van der Waals surface area contributed by atoms with Crippen molar-refractivity contribution in [1.29, 1.82) is 0 Å². The third-order valence-corrected chi connectivity index (χ3v) is 1.66. The van der Waals surface area contributed by atoms with Crippen molar-refractivity contribution in [2.24, 2.45) is 0 Å². The Kier molecular flexibility index (Phi) is 3.01. The van der Waals surface area contributed by atoms with Gasteiger partial charge in [-0.1, -0.05) is 48.5 Å². The van der Waals surface area contributed by atoms with E-state index in [9.17, 15) is 0 Å². The molecule has 1 heteroatoms. The van der Waals surface area contributed by atoms with Crippen LogP contribution in [-0.2, 0) is 0 Å². The molecule has 0 saturated heterocycles. The van der Waals surface area contributed by atoms with E-state index in [0.29, 0.717) is 0 Å². The van der Waals surface area contributed by atoms with Crippen LogP contribution in [-0.4, -0.2) is 25.8 Å². The van der Waals surface area contributed by atoms with E-state index >= 15 is 0 Å². The third kappa shape index (κ3) is 1.78. The molecule has 0 unspecified atom stereocenters. The number of fused-ring (bicyclic) bond motifs is 1. The Bertz CT molecular complexity index is 276. The quantitative estimate of drug-likeness (QED) is 0.666. The molecule has 0 bridgehead atoms. The van der Waals surface area contributed by atoms with Gasteiger partial charge in [0.25, 0.3) is 0 Å². The van der Waals surface area contributed by atoms with Crippen molar-refractivity contribution < 1.29 is 0 Å². The molecule has 0 aliphatic rings. The summed E-state index contributed by atoms with van der Waals surface area (Å²) in [4.78, 5) is 0. The topological polar surface area (TPSA) is 0 Å². The van der Waals surface area contributed by atoms with Gasteiger partial charge in [0.2, 0.25) is 0 Å². The molecule has 0 aliphatic carbocycles. The summed E-state index contributed by atoms with van der Waals surface area (Å²) in [7, 11) is 0. The largest absolute Gasteiger partial charge is 0.0616 e. The summed E-state index contributed by atoms with van der Waals surface area (Å²) in [6, 6.07) is 16.7. The number of hydrogen-bond donors (Lipinski definition) is 0. The molecular formula is C10H8In. The van der Waals surface area contributed by atoms with Crippen LogP contribution in [0.4, 0.5) is 0 Å². The summed E-state index contributed by atoms with van der Waals surface area (Å²) in [5, 5.41) is 2.62. The van der Waals surface area contributed by atoms with Crippen molar-refractivity contribution >= 4 is 36.6 Å². The van der Waals surface area contributed by atoms with E-state index in [2.05, 4.69) is 48.5 Å². The maximum Gasteiger partial charge on any atom is 0 e. The molecule has 0 heterocycles.